The van der Waals surface area contributed by atoms with Crippen molar-refractivity contribution in [3.8, 4) is 12.1 Å². The number of nitriles is 2. The van der Waals surface area contributed by atoms with Crippen LogP contribution < -0.4 is 0 Å². The molecule has 0 saturated heterocycles. The Bertz CT molecular complexity index is 619. The van der Waals surface area contributed by atoms with Crippen molar-refractivity contribution in [2.45, 2.75) is 13.3 Å². The number of ketones is 1. The molecular weight excluding hydrogens is 232 g/mol. The predicted molar refractivity (Wildman–Crippen MR) is 65.2 cm³/mol. The first-order chi connectivity index (χ1) is 8.24. The average molecular weight is 240 g/mol. The third-order valence-corrected chi connectivity index (χ3v) is 3.46. The van der Waals surface area contributed by atoms with Crippen LogP contribution in [0.2, 0.25) is 0 Å². The molecule has 3 nitrogen and oxygen atoms in total. The number of allylic oxidation sites excluding steroid dienone is 4. The summed E-state index contributed by atoms with van der Waals surface area (Å²) in [6, 6.07) is 5.47. The van der Waals surface area contributed by atoms with Gasteiger partial charge in [-0.25, -0.2) is 0 Å². The SMILES string of the molecule is CC/C=C1\C(=O)c2ccsc2C1=C(C#N)C#N. The second-order valence-electron chi connectivity index (χ2n) is 3.49. The van der Waals surface area contributed by atoms with Gasteiger partial charge >= 0.3 is 0 Å². The van der Waals surface area contributed by atoms with Crippen LogP contribution in [0.3, 0.4) is 0 Å². The average Bonchev–Trinajstić information content (AvgIpc) is 2.89. The topological polar surface area (TPSA) is 64.7 Å². The Balaban J connectivity index is 2.78. The van der Waals surface area contributed by atoms with Crippen LogP contribution in [0, 0.1) is 22.7 Å². The first-order valence-corrected chi connectivity index (χ1v) is 6.00. The van der Waals surface area contributed by atoms with Crippen LogP contribution in [0.25, 0.3) is 5.57 Å². The number of carbonyl (C=O) groups is 1. The summed E-state index contributed by atoms with van der Waals surface area (Å²) in [4.78, 5) is 12.8. The van der Waals surface area contributed by atoms with E-state index in [1.165, 1.54) is 11.3 Å². The quantitative estimate of drug-likeness (QED) is 0.559. The van der Waals surface area contributed by atoms with Crippen molar-refractivity contribution in [3.63, 3.8) is 0 Å². The first-order valence-electron chi connectivity index (χ1n) is 5.12. The third kappa shape index (κ3) is 1.60. The maximum atomic E-state index is 12.1. The molecule has 0 atom stereocenters. The zero-order chi connectivity index (χ0) is 12.4. The first kappa shape index (κ1) is 11.3. The van der Waals surface area contributed by atoms with Gasteiger partial charge < -0.3 is 0 Å². The van der Waals surface area contributed by atoms with Gasteiger partial charge in [-0.2, -0.15) is 10.5 Å². The molecule has 0 spiro atoms. The summed E-state index contributed by atoms with van der Waals surface area (Å²) >= 11 is 1.39. The van der Waals surface area contributed by atoms with E-state index >= 15 is 0 Å². The van der Waals surface area contributed by atoms with E-state index in [0.29, 0.717) is 23.1 Å². The van der Waals surface area contributed by atoms with Gasteiger partial charge in [-0.3, -0.25) is 4.79 Å². The van der Waals surface area contributed by atoms with E-state index in [1.807, 2.05) is 19.1 Å². The smallest absolute Gasteiger partial charge is 0.194 e. The molecule has 1 aromatic rings. The number of nitrogens with zero attached hydrogens (tertiary/aromatic N) is 2. The minimum absolute atomic E-state index is 0.0132. The second-order valence-corrected chi connectivity index (χ2v) is 4.41. The van der Waals surface area contributed by atoms with Crippen molar-refractivity contribution in [2.75, 3.05) is 0 Å². The standard InChI is InChI=1S/C13H8N2OS/c1-2-3-9-11(8(6-14)7-15)13-10(12(9)16)4-5-17-13/h3-5H,2H2,1H3/b9-3-. The molecule has 0 unspecified atom stereocenters. The minimum Gasteiger partial charge on any atom is -0.289 e. The molecule has 0 radical (unpaired) electrons. The van der Waals surface area contributed by atoms with Gasteiger partial charge in [0.1, 0.15) is 17.7 Å². The Kier molecular flexibility index (Phi) is 2.91. The van der Waals surface area contributed by atoms with Gasteiger partial charge in [0.2, 0.25) is 0 Å². The van der Waals surface area contributed by atoms with Crippen molar-refractivity contribution < 1.29 is 4.79 Å². The molecule has 2 rings (SSSR count). The number of Topliss-reactive ketones (excluding diaryl/α,β-unsaturated/α-hetero) is 1. The fraction of sp³-hybridized carbons (Fsp3) is 0.154. The Hall–Kier alpha value is -2.17. The largest absolute Gasteiger partial charge is 0.289 e. The summed E-state index contributed by atoms with van der Waals surface area (Å²) in [6.07, 6.45) is 2.47. The molecule has 17 heavy (non-hydrogen) atoms. The molecule has 0 aliphatic heterocycles. The van der Waals surface area contributed by atoms with E-state index in [0.717, 1.165) is 4.88 Å². The zero-order valence-electron chi connectivity index (χ0n) is 9.15. The number of hydrogen-bond acceptors (Lipinski definition) is 4. The van der Waals surface area contributed by atoms with E-state index in [4.69, 9.17) is 10.5 Å². The Labute approximate surface area is 103 Å². The van der Waals surface area contributed by atoms with E-state index in [9.17, 15) is 4.79 Å². The van der Waals surface area contributed by atoms with Crippen molar-refractivity contribution in [1.29, 1.82) is 10.5 Å². The number of carbonyl (C=O) groups excluding carboxylic acids is 1. The van der Waals surface area contributed by atoms with E-state index in [1.54, 1.807) is 17.5 Å². The lowest BCUT2D eigenvalue weighted by Crippen LogP contribution is -1.95. The summed E-state index contributed by atoms with van der Waals surface area (Å²) in [5.74, 6) is -0.0823. The van der Waals surface area contributed by atoms with Crippen LogP contribution in [0.1, 0.15) is 28.6 Å². The molecular formula is C13H8N2OS. The highest BCUT2D eigenvalue weighted by molar-refractivity contribution is 7.12. The van der Waals surface area contributed by atoms with E-state index in [-0.39, 0.29) is 11.4 Å². The highest BCUT2D eigenvalue weighted by Gasteiger charge is 2.33. The molecule has 4 heteroatoms. The maximum absolute atomic E-state index is 12.1. The molecule has 0 fully saturated rings. The maximum Gasteiger partial charge on any atom is 0.194 e. The van der Waals surface area contributed by atoms with Crippen molar-refractivity contribution >= 4 is 22.7 Å². The van der Waals surface area contributed by atoms with Crippen molar-refractivity contribution in [2.24, 2.45) is 0 Å². The molecule has 82 valence electrons. The van der Waals surface area contributed by atoms with Gasteiger partial charge in [-0.05, 0) is 17.9 Å². The number of thiophene rings is 1. The van der Waals surface area contributed by atoms with E-state index < -0.39 is 0 Å². The summed E-state index contributed by atoms with van der Waals surface area (Å²) in [5.41, 5.74) is 1.62. The molecule has 0 aromatic carbocycles. The second kappa shape index (κ2) is 4.37. The monoisotopic (exact) mass is 240 g/mol. The number of rotatable bonds is 1. The lowest BCUT2D eigenvalue weighted by atomic mass is 10.0. The fourth-order valence-electron chi connectivity index (χ4n) is 1.85. The Morgan fingerprint density at radius 1 is 1.47 bits per heavy atom. The highest BCUT2D eigenvalue weighted by Crippen LogP contribution is 2.41. The van der Waals surface area contributed by atoms with Crippen LogP contribution in [-0.4, -0.2) is 5.78 Å². The molecule has 1 aliphatic carbocycles. The molecule has 0 N–H and O–H groups in total. The highest BCUT2D eigenvalue weighted by atomic mass is 32.1. The van der Waals surface area contributed by atoms with Crippen LogP contribution >= 0.6 is 11.3 Å². The fourth-order valence-corrected chi connectivity index (χ4v) is 2.80. The molecule has 0 bridgehead atoms. The van der Waals surface area contributed by atoms with Crippen LogP contribution in [0.15, 0.2) is 28.7 Å². The normalized spacial score (nSPS) is 15.6. The summed E-state index contributed by atoms with van der Waals surface area (Å²) in [6.45, 7) is 1.92. The Morgan fingerprint density at radius 3 is 2.76 bits per heavy atom. The molecule has 0 amide bonds. The van der Waals surface area contributed by atoms with Gasteiger partial charge in [-0.1, -0.05) is 13.0 Å². The van der Waals surface area contributed by atoms with Gasteiger partial charge in [0.15, 0.2) is 5.78 Å². The van der Waals surface area contributed by atoms with Crippen molar-refractivity contribution in [1.82, 2.24) is 0 Å². The Morgan fingerprint density at radius 2 is 2.18 bits per heavy atom. The zero-order valence-corrected chi connectivity index (χ0v) is 9.97. The number of fused-ring (bicyclic) bond motifs is 1. The summed E-state index contributed by atoms with van der Waals surface area (Å²) in [5, 5.41) is 19.7. The summed E-state index contributed by atoms with van der Waals surface area (Å²) in [7, 11) is 0. The minimum atomic E-state index is -0.0823. The van der Waals surface area contributed by atoms with Crippen molar-refractivity contribution in [3.05, 3.63) is 39.1 Å². The van der Waals surface area contributed by atoms with Gasteiger partial charge in [0.05, 0.1) is 0 Å². The lowest BCUT2D eigenvalue weighted by Gasteiger charge is -1.99. The molecule has 1 heterocycles. The predicted octanol–water partition coefficient (Wildman–Crippen LogP) is 3.08. The number of hydrogen-bond donors (Lipinski definition) is 0. The van der Waals surface area contributed by atoms with Gasteiger partial charge in [0, 0.05) is 21.6 Å². The molecule has 0 saturated carbocycles. The van der Waals surface area contributed by atoms with Gasteiger partial charge in [-0.15, -0.1) is 11.3 Å². The summed E-state index contributed by atoms with van der Waals surface area (Å²) < 4.78 is 0. The lowest BCUT2D eigenvalue weighted by molar-refractivity contribution is 0.104. The van der Waals surface area contributed by atoms with E-state index in [2.05, 4.69) is 0 Å². The van der Waals surface area contributed by atoms with Crippen LogP contribution in [-0.2, 0) is 0 Å². The van der Waals surface area contributed by atoms with Gasteiger partial charge in [0.25, 0.3) is 0 Å². The molecule has 1 aromatic heterocycles. The third-order valence-electron chi connectivity index (χ3n) is 2.53. The molecule has 1 aliphatic rings. The van der Waals surface area contributed by atoms with Crippen LogP contribution in [0.5, 0.6) is 0 Å². The van der Waals surface area contributed by atoms with Crippen LogP contribution in [0.4, 0.5) is 0 Å².